The van der Waals surface area contributed by atoms with Gasteiger partial charge in [-0.2, -0.15) is 0 Å². The Morgan fingerprint density at radius 3 is 1.02 bits per heavy atom. The Hall–Kier alpha value is -7.68. The van der Waals surface area contributed by atoms with Crippen LogP contribution in [0.2, 0.25) is 0 Å². The third kappa shape index (κ3) is 5.05. The van der Waals surface area contributed by atoms with Crippen LogP contribution in [0, 0.1) is 0 Å². The van der Waals surface area contributed by atoms with Crippen LogP contribution in [0.25, 0.3) is 121 Å². The van der Waals surface area contributed by atoms with E-state index in [1.165, 1.54) is 49.4 Å². The van der Waals surface area contributed by atoms with Crippen LogP contribution in [0.5, 0.6) is 0 Å². The summed E-state index contributed by atoms with van der Waals surface area (Å²) < 4.78 is 12.5. The number of rotatable bonds is 5. The van der Waals surface area contributed by atoms with Crippen LogP contribution in [-0.2, 0) is 0 Å². The minimum absolute atomic E-state index is 0.891. The highest BCUT2D eigenvalue weighted by Crippen LogP contribution is 2.46. The smallest absolute Gasteiger partial charge is 0.135 e. The fourth-order valence-electron chi connectivity index (χ4n) is 9.29. The van der Waals surface area contributed by atoms with E-state index in [0.29, 0.717) is 0 Å². The molecule has 58 heavy (non-hydrogen) atoms. The van der Waals surface area contributed by atoms with Crippen LogP contribution in [-0.4, -0.2) is 0 Å². The van der Waals surface area contributed by atoms with Crippen molar-refractivity contribution in [3.63, 3.8) is 0 Å². The first-order valence-corrected chi connectivity index (χ1v) is 19.8. The van der Waals surface area contributed by atoms with Crippen LogP contribution in [0.1, 0.15) is 0 Å². The molecule has 0 N–H and O–H groups in total. The molecule has 2 heteroatoms. The second-order valence-electron chi connectivity index (χ2n) is 15.1. The number of fused-ring (bicyclic) bond motifs is 8. The van der Waals surface area contributed by atoms with E-state index >= 15 is 0 Å². The first kappa shape index (κ1) is 32.6. The van der Waals surface area contributed by atoms with Crippen LogP contribution < -0.4 is 0 Å². The maximum absolute atomic E-state index is 6.26. The van der Waals surface area contributed by atoms with E-state index in [9.17, 15) is 0 Å². The van der Waals surface area contributed by atoms with Gasteiger partial charge in [-0.15, -0.1) is 0 Å². The molecule has 10 aromatic carbocycles. The molecule has 0 aliphatic carbocycles. The Morgan fingerprint density at radius 2 is 0.552 bits per heavy atom. The molecule has 0 bridgehead atoms. The second kappa shape index (κ2) is 12.9. The van der Waals surface area contributed by atoms with Crippen molar-refractivity contribution < 1.29 is 8.83 Å². The molecule has 2 nitrogen and oxygen atoms in total. The van der Waals surface area contributed by atoms with Gasteiger partial charge in [-0.3, -0.25) is 0 Å². The summed E-state index contributed by atoms with van der Waals surface area (Å²) in [7, 11) is 0. The monoisotopic (exact) mass is 738 g/mol. The summed E-state index contributed by atoms with van der Waals surface area (Å²) >= 11 is 0. The van der Waals surface area contributed by atoms with E-state index in [1.807, 2.05) is 24.3 Å². The summed E-state index contributed by atoms with van der Waals surface area (Å²) in [6.45, 7) is 0. The van der Waals surface area contributed by atoms with Gasteiger partial charge in [0.1, 0.15) is 22.3 Å². The molecule has 270 valence electrons. The van der Waals surface area contributed by atoms with Gasteiger partial charge in [0.2, 0.25) is 0 Å². The largest absolute Gasteiger partial charge is 0.456 e. The zero-order valence-electron chi connectivity index (χ0n) is 31.4. The van der Waals surface area contributed by atoms with E-state index in [4.69, 9.17) is 8.83 Å². The lowest BCUT2D eigenvalue weighted by molar-refractivity contribution is 0.668. The molecule has 0 amide bonds. The van der Waals surface area contributed by atoms with Crippen LogP contribution >= 0.6 is 0 Å². The maximum atomic E-state index is 6.26. The average Bonchev–Trinajstić information content (AvgIpc) is 3.86. The van der Waals surface area contributed by atoms with Gasteiger partial charge in [0.25, 0.3) is 0 Å². The normalized spacial score (nSPS) is 11.8. The molecule has 0 saturated heterocycles. The van der Waals surface area contributed by atoms with Gasteiger partial charge in [-0.05, 0) is 114 Å². The second-order valence-corrected chi connectivity index (χ2v) is 15.1. The Labute approximate surface area is 334 Å². The average molecular weight is 739 g/mol. The van der Waals surface area contributed by atoms with Crippen molar-refractivity contribution in [2.75, 3.05) is 0 Å². The summed E-state index contributed by atoms with van der Waals surface area (Å²) in [6, 6.07) is 74.2. The Bertz CT molecular complexity index is 3360. The van der Waals surface area contributed by atoms with Crippen molar-refractivity contribution in [3.8, 4) is 55.6 Å². The molecule has 0 fully saturated rings. The van der Waals surface area contributed by atoms with Crippen molar-refractivity contribution in [2.45, 2.75) is 0 Å². The molecular formula is C56H34O2. The molecule has 0 aliphatic rings. The van der Waals surface area contributed by atoms with Gasteiger partial charge < -0.3 is 8.83 Å². The van der Waals surface area contributed by atoms with E-state index in [1.54, 1.807) is 0 Å². The molecule has 2 aromatic heterocycles. The highest BCUT2D eigenvalue weighted by molar-refractivity contribution is 6.21. The maximum Gasteiger partial charge on any atom is 0.135 e. The fourth-order valence-corrected chi connectivity index (χ4v) is 9.29. The van der Waals surface area contributed by atoms with E-state index in [-0.39, 0.29) is 0 Å². The van der Waals surface area contributed by atoms with Gasteiger partial charge in [0.15, 0.2) is 0 Å². The lowest BCUT2D eigenvalue weighted by Crippen LogP contribution is -1.92. The molecule has 0 spiro atoms. The summed E-state index contributed by atoms with van der Waals surface area (Å²) in [5.41, 5.74) is 15.5. The fraction of sp³-hybridized carbons (Fsp3) is 0. The molecule has 12 aromatic rings. The minimum Gasteiger partial charge on any atom is -0.456 e. The number of hydrogen-bond acceptors (Lipinski definition) is 2. The predicted molar refractivity (Wildman–Crippen MR) is 243 cm³/mol. The quantitative estimate of drug-likeness (QED) is 0.164. The molecule has 12 rings (SSSR count). The number of hydrogen-bond donors (Lipinski definition) is 0. The van der Waals surface area contributed by atoms with Gasteiger partial charge >= 0.3 is 0 Å². The molecular weight excluding hydrogens is 705 g/mol. The van der Waals surface area contributed by atoms with Crippen molar-refractivity contribution >= 4 is 65.4 Å². The molecule has 0 saturated carbocycles. The lowest BCUT2D eigenvalue weighted by Gasteiger charge is -2.19. The van der Waals surface area contributed by atoms with Crippen molar-refractivity contribution in [2.24, 2.45) is 0 Å². The topological polar surface area (TPSA) is 26.3 Å². The molecule has 0 atom stereocenters. The third-order valence-electron chi connectivity index (χ3n) is 11.9. The van der Waals surface area contributed by atoms with Crippen molar-refractivity contribution in [3.05, 3.63) is 206 Å². The van der Waals surface area contributed by atoms with Crippen LogP contribution in [0.3, 0.4) is 0 Å². The Morgan fingerprint density at radius 1 is 0.207 bits per heavy atom. The SMILES string of the molecule is c1ccc(-c2c3ccccc3c(-c3ccc(-c4c(-c5ccc6oc7ccccc7c6c5)cccc4-c4ccc5oc6ccccc6c5c4)cc3)c3ccccc23)cc1. The van der Waals surface area contributed by atoms with Gasteiger partial charge in [-0.1, -0.05) is 170 Å². The standard InChI is InChI=1S/C56H34O2/c1-2-13-35(14-3-1)55-44-17-4-6-19-46(44)56(47-20-7-5-18-45(47)55)37-27-25-36(26-28-37)54-40(38-29-31-52-48(33-38)42-15-8-10-23-50(42)57-52)21-12-22-41(54)39-30-32-53-49(34-39)43-16-9-11-24-51(43)58-53/h1-34H. The Balaban J connectivity index is 1.08. The van der Waals surface area contributed by atoms with Gasteiger partial charge in [0.05, 0.1) is 0 Å². The Kier molecular flexibility index (Phi) is 7.26. The summed E-state index contributed by atoms with van der Waals surface area (Å²) in [5.74, 6) is 0. The zero-order valence-corrected chi connectivity index (χ0v) is 31.4. The summed E-state index contributed by atoms with van der Waals surface area (Å²) in [4.78, 5) is 0. The first-order chi connectivity index (χ1) is 28.8. The number of benzene rings is 10. The predicted octanol–water partition coefficient (Wildman–Crippen LogP) is 16.1. The third-order valence-corrected chi connectivity index (χ3v) is 11.9. The number of para-hydroxylation sites is 2. The van der Waals surface area contributed by atoms with Crippen LogP contribution in [0.4, 0.5) is 0 Å². The van der Waals surface area contributed by atoms with Crippen molar-refractivity contribution in [1.82, 2.24) is 0 Å². The summed E-state index contributed by atoms with van der Waals surface area (Å²) in [5, 5.41) is 9.47. The molecule has 0 aliphatic heterocycles. The minimum atomic E-state index is 0.891. The number of furan rings is 2. The van der Waals surface area contributed by atoms with Crippen LogP contribution in [0.15, 0.2) is 215 Å². The van der Waals surface area contributed by atoms with Crippen molar-refractivity contribution in [1.29, 1.82) is 0 Å². The first-order valence-electron chi connectivity index (χ1n) is 19.8. The highest BCUT2D eigenvalue weighted by atomic mass is 16.3. The van der Waals surface area contributed by atoms with E-state index in [0.717, 1.165) is 71.7 Å². The molecule has 2 heterocycles. The zero-order chi connectivity index (χ0) is 38.2. The van der Waals surface area contributed by atoms with Gasteiger partial charge in [-0.25, -0.2) is 0 Å². The molecule has 0 radical (unpaired) electrons. The van der Waals surface area contributed by atoms with E-state index < -0.39 is 0 Å². The highest BCUT2D eigenvalue weighted by Gasteiger charge is 2.20. The summed E-state index contributed by atoms with van der Waals surface area (Å²) in [6.07, 6.45) is 0. The van der Waals surface area contributed by atoms with E-state index in [2.05, 4.69) is 182 Å². The lowest BCUT2D eigenvalue weighted by atomic mass is 9.84. The van der Waals surface area contributed by atoms with Gasteiger partial charge in [0, 0.05) is 21.5 Å². The molecule has 0 unspecified atom stereocenters.